The van der Waals surface area contributed by atoms with Crippen LogP contribution in [-0.4, -0.2) is 29.2 Å². The molecule has 1 aromatic heterocycles. The van der Waals surface area contributed by atoms with E-state index < -0.39 is 5.97 Å². The third-order valence-corrected chi connectivity index (χ3v) is 2.47. The molecule has 0 bridgehead atoms. The van der Waals surface area contributed by atoms with Crippen LogP contribution >= 0.6 is 0 Å². The summed E-state index contributed by atoms with van der Waals surface area (Å²) in [6.07, 6.45) is 3.04. The van der Waals surface area contributed by atoms with Gasteiger partial charge < -0.3 is 9.47 Å². The molecule has 2 rings (SSSR count). The van der Waals surface area contributed by atoms with E-state index in [2.05, 4.69) is 4.98 Å². The Morgan fingerprint density at radius 2 is 2.17 bits per heavy atom. The van der Waals surface area contributed by atoms with Crippen molar-refractivity contribution in [2.24, 2.45) is 0 Å². The van der Waals surface area contributed by atoms with Crippen molar-refractivity contribution in [3.8, 4) is 11.4 Å². The van der Waals surface area contributed by atoms with Gasteiger partial charge in [0, 0.05) is 0 Å². The summed E-state index contributed by atoms with van der Waals surface area (Å²) in [5, 5.41) is 0. The molecule has 0 spiro atoms. The maximum Gasteiger partial charge on any atom is 0.356 e. The summed E-state index contributed by atoms with van der Waals surface area (Å²) in [4.78, 5) is 15.8. The molecule has 0 fully saturated rings. The van der Waals surface area contributed by atoms with E-state index in [1.807, 2.05) is 24.3 Å². The largest absolute Gasteiger partial charge is 0.495 e. The molecular weight excluding hydrogens is 232 g/mol. The predicted octanol–water partition coefficient (Wildman–Crippen LogP) is 2.06. The fraction of sp³-hybridized carbons (Fsp3) is 0.231. The number of carbonyl (C=O) groups excluding carboxylic acids is 1. The lowest BCUT2D eigenvalue weighted by Crippen LogP contribution is -2.11. The molecule has 5 nitrogen and oxygen atoms in total. The van der Waals surface area contributed by atoms with Crippen molar-refractivity contribution in [2.45, 2.75) is 6.92 Å². The molecule has 0 aliphatic rings. The highest BCUT2D eigenvalue weighted by Crippen LogP contribution is 2.23. The van der Waals surface area contributed by atoms with Gasteiger partial charge in [-0.1, -0.05) is 12.1 Å². The first kappa shape index (κ1) is 12.2. The number of benzene rings is 1. The lowest BCUT2D eigenvalue weighted by atomic mass is 10.3. The first-order valence-electron chi connectivity index (χ1n) is 5.60. The molecule has 2 aromatic rings. The summed E-state index contributed by atoms with van der Waals surface area (Å²) < 4.78 is 11.9. The minimum Gasteiger partial charge on any atom is -0.495 e. The number of hydrogen-bond donors (Lipinski definition) is 0. The zero-order valence-corrected chi connectivity index (χ0v) is 10.3. The minimum atomic E-state index is -0.402. The standard InChI is InChI=1S/C13H14N2O3/c1-3-18-13(16)11-8-14-9-15(11)10-6-4-5-7-12(10)17-2/h4-9H,3H2,1-2H3. The molecule has 18 heavy (non-hydrogen) atoms. The van der Waals surface area contributed by atoms with E-state index in [0.717, 1.165) is 5.69 Å². The van der Waals surface area contributed by atoms with Gasteiger partial charge in [0.05, 0.1) is 31.9 Å². The van der Waals surface area contributed by atoms with Crippen molar-refractivity contribution < 1.29 is 14.3 Å². The molecule has 1 heterocycles. The van der Waals surface area contributed by atoms with E-state index in [-0.39, 0.29) is 0 Å². The van der Waals surface area contributed by atoms with Gasteiger partial charge in [0.15, 0.2) is 5.69 Å². The summed E-state index contributed by atoms with van der Waals surface area (Å²) in [5.74, 6) is 0.266. The highest BCUT2D eigenvalue weighted by Gasteiger charge is 2.15. The highest BCUT2D eigenvalue weighted by atomic mass is 16.5. The maximum atomic E-state index is 11.8. The number of aromatic nitrogens is 2. The summed E-state index contributed by atoms with van der Waals surface area (Å²) in [5.41, 5.74) is 1.13. The quantitative estimate of drug-likeness (QED) is 0.775. The Hall–Kier alpha value is -2.30. The van der Waals surface area contributed by atoms with Crippen molar-refractivity contribution in [1.29, 1.82) is 0 Å². The Labute approximate surface area is 105 Å². The second kappa shape index (κ2) is 5.35. The van der Waals surface area contributed by atoms with Crippen LogP contribution in [0.5, 0.6) is 5.75 Å². The first-order chi connectivity index (χ1) is 8.77. The van der Waals surface area contributed by atoms with Crippen LogP contribution in [0.1, 0.15) is 17.4 Å². The number of carbonyl (C=O) groups is 1. The van der Waals surface area contributed by atoms with Crippen LogP contribution in [-0.2, 0) is 4.74 Å². The molecule has 5 heteroatoms. The Morgan fingerprint density at radius 1 is 1.39 bits per heavy atom. The van der Waals surface area contributed by atoms with Crippen molar-refractivity contribution in [3.05, 3.63) is 42.5 Å². The minimum absolute atomic E-state index is 0.329. The number of hydrogen-bond acceptors (Lipinski definition) is 4. The summed E-state index contributed by atoms with van der Waals surface area (Å²) in [7, 11) is 1.58. The van der Waals surface area contributed by atoms with E-state index in [4.69, 9.17) is 9.47 Å². The van der Waals surface area contributed by atoms with Gasteiger partial charge in [0.1, 0.15) is 5.75 Å². The number of imidazole rings is 1. The molecule has 0 N–H and O–H groups in total. The molecule has 0 amide bonds. The number of para-hydroxylation sites is 2. The number of esters is 1. The molecule has 94 valence electrons. The summed E-state index contributed by atoms with van der Waals surface area (Å²) in [6.45, 7) is 2.09. The van der Waals surface area contributed by atoms with Gasteiger partial charge in [-0.25, -0.2) is 9.78 Å². The normalized spacial score (nSPS) is 10.1. The molecule has 0 radical (unpaired) electrons. The Balaban J connectivity index is 2.45. The van der Waals surface area contributed by atoms with E-state index in [1.165, 1.54) is 6.20 Å². The zero-order chi connectivity index (χ0) is 13.0. The first-order valence-corrected chi connectivity index (χ1v) is 5.60. The Morgan fingerprint density at radius 3 is 2.89 bits per heavy atom. The van der Waals surface area contributed by atoms with Crippen LogP contribution < -0.4 is 4.74 Å². The third kappa shape index (κ3) is 2.20. The SMILES string of the molecule is CCOC(=O)c1cncn1-c1ccccc1OC. The Kier molecular flexibility index (Phi) is 3.62. The van der Waals surface area contributed by atoms with E-state index in [0.29, 0.717) is 18.1 Å². The van der Waals surface area contributed by atoms with Crippen LogP contribution in [0.15, 0.2) is 36.8 Å². The maximum absolute atomic E-state index is 11.8. The average molecular weight is 246 g/mol. The third-order valence-electron chi connectivity index (χ3n) is 2.47. The monoisotopic (exact) mass is 246 g/mol. The lowest BCUT2D eigenvalue weighted by molar-refractivity contribution is 0.0517. The molecule has 0 atom stereocenters. The van der Waals surface area contributed by atoms with Gasteiger partial charge in [-0.05, 0) is 19.1 Å². The average Bonchev–Trinajstić information content (AvgIpc) is 2.88. The van der Waals surface area contributed by atoms with Gasteiger partial charge in [0.25, 0.3) is 0 Å². The van der Waals surface area contributed by atoms with Crippen molar-refractivity contribution >= 4 is 5.97 Å². The Bertz CT molecular complexity index is 549. The number of ether oxygens (including phenoxy) is 2. The summed E-state index contributed by atoms with van der Waals surface area (Å²) in [6, 6.07) is 7.41. The van der Waals surface area contributed by atoms with Crippen molar-refractivity contribution in [1.82, 2.24) is 9.55 Å². The van der Waals surface area contributed by atoms with Gasteiger partial charge in [-0.2, -0.15) is 0 Å². The fourth-order valence-corrected chi connectivity index (χ4v) is 1.67. The van der Waals surface area contributed by atoms with Crippen molar-refractivity contribution in [3.63, 3.8) is 0 Å². The second-order valence-electron chi connectivity index (χ2n) is 3.54. The topological polar surface area (TPSA) is 53.3 Å². The van der Waals surface area contributed by atoms with Crippen LogP contribution in [0.2, 0.25) is 0 Å². The fourth-order valence-electron chi connectivity index (χ4n) is 1.67. The molecule has 1 aromatic carbocycles. The van der Waals surface area contributed by atoms with E-state index >= 15 is 0 Å². The molecule has 0 saturated carbocycles. The van der Waals surface area contributed by atoms with Crippen LogP contribution in [0.4, 0.5) is 0 Å². The van der Waals surface area contributed by atoms with Crippen LogP contribution in [0, 0.1) is 0 Å². The number of methoxy groups -OCH3 is 1. The van der Waals surface area contributed by atoms with Crippen molar-refractivity contribution in [2.75, 3.05) is 13.7 Å². The van der Waals surface area contributed by atoms with Gasteiger partial charge in [0.2, 0.25) is 0 Å². The smallest absolute Gasteiger partial charge is 0.356 e. The predicted molar refractivity (Wildman–Crippen MR) is 66.1 cm³/mol. The number of nitrogens with zero attached hydrogens (tertiary/aromatic N) is 2. The molecule has 0 unspecified atom stereocenters. The molecular formula is C13H14N2O3. The molecule has 0 saturated heterocycles. The van der Waals surface area contributed by atoms with E-state index in [1.54, 1.807) is 24.9 Å². The highest BCUT2D eigenvalue weighted by molar-refractivity contribution is 5.88. The van der Waals surface area contributed by atoms with E-state index in [9.17, 15) is 4.79 Å². The molecule has 0 aliphatic heterocycles. The van der Waals surface area contributed by atoms with Crippen LogP contribution in [0.25, 0.3) is 5.69 Å². The summed E-state index contributed by atoms with van der Waals surface area (Å²) >= 11 is 0. The lowest BCUT2D eigenvalue weighted by Gasteiger charge is -2.11. The number of rotatable bonds is 4. The van der Waals surface area contributed by atoms with Gasteiger partial charge in [-0.15, -0.1) is 0 Å². The van der Waals surface area contributed by atoms with Crippen LogP contribution in [0.3, 0.4) is 0 Å². The molecule has 0 aliphatic carbocycles. The second-order valence-corrected chi connectivity index (χ2v) is 3.54. The van der Waals surface area contributed by atoms with Gasteiger partial charge >= 0.3 is 5.97 Å². The zero-order valence-electron chi connectivity index (χ0n) is 10.3. The van der Waals surface area contributed by atoms with Gasteiger partial charge in [-0.3, -0.25) is 4.57 Å².